The molecule has 2 rings (SSSR count). The molecule has 1 aliphatic heterocycles. The quantitative estimate of drug-likeness (QED) is 0.613. The van der Waals surface area contributed by atoms with Gasteiger partial charge in [0.15, 0.2) is 0 Å². The molecule has 0 bridgehead atoms. The molecule has 1 aromatic carbocycles. The first-order valence-corrected chi connectivity index (χ1v) is 5.40. The highest BCUT2D eigenvalue weighted by Gasteiger charge is 2.27. The molecule has 1 aromatic rings. The van der Waals surface area contributed by atoms with Gasteiger partial charge in [-0.3, -0.25) is 14.9 Å². The predicted molar refractivity (Wildman–Crippen MR) is 61.5 cm³/mol. The van der Waals surface area contributed by atoms with Crippen LogP contribution in [-0.4, -0.2) is 11.8 Å². The number of benzene rings is 1. The number of nitrogens with one attached hydrogen (secondary N) is 1. The normalized spacial score (nSPS) is 18.0. The van der Waals surface area contributed by atoms with Gasteiger partial charge in [0.2, 0.25) is 5.91 Å². The smallest absolute Gasteiger partial charge is 0.254 e. The molecule has 1 fully saturated rings. The Bertz CT molecular complexity index is 591. The SMILES string of the molecule is CC(=C1CC(=O)NC1=O)c1cc(F)c(C)cc1F. The van der Waals surface area contributed by atoms with Gasteiger partial charge in [0.05, 0.1) is 6.42 Å². The second kappa shape index (κ2) is 4.33. The molecule has 0 atom stereocenters. The minimum atomic E-state index is -0.606. The van der Waals surface area contributed by atoms with Crippen LogP contribution < -0.4 is 5.32 Å². The number of carbonyl (C=O) groups excluding carboxylic acids is 2. The van der Waals surface area contributed by atoms with Gasteiger partial charge in [0, 0.05) is 11.1 Å². The molecular formula is C13H11F2NO2. The van der Waals surface area contributed by atoms with Crippen molar-refractivity contribution in [1.82, 2.24) is 5.32 Å². The molecule has 0 radical (unpaired) electrons. The van der Waals surface area contributed by atoms with E-state index in [-0.39, 0.29) is 28.7 Å². The number of hydrogen-bond donors (Lipinski definition) is 1. The molecule has 1 aliphatic rings. The van der Waals surface area contributed by atoms with Crippen molar-refractivity contribution in [2.75, 3.05) is 0 Å². The lowest BCUT2D eigenvalue weighted by molar-refractivity contribution is -0.124. The molecule has 1 N–H and O–H groups in total. The van der Waals surface area contributed by atoms with Gasteiger partial charge in [0.1, 0.15) is 11.6 Å². The fourth-order valence-electron chi connectivity index (χ4n) is 1.89. The second-order valence-corrected chi connectivity index (χ2v) is 4.24. The van der Waals surface area contributed by atoms with E-state index in [0.717, 1.165) is 12.1 Å². The molecule has 1 heterocycles. The lowest BCUT2D eigenvalue weighted by atomic mass is 9.98. The summed E-state index contributed by atoms with van der Waals surface area (Å²) < 4.78 is 27.2. The highest BCUT2D eigenvalue weighted by molar-refractivity contribution is 6.17. The Balaban J connectivity index is 2.56. The van der Waals surface area contributed by atoms with E-state index in [1.807, 2.05) is 0 Å². The third-order valence-electron chi connectivity index (χ3n) is 2.97. The first-order chi connectivity index (χ1) is 8.40. The van der Waals surface area contributed by atoms with E-state index in [2.05, 4.69) is 5.32 Å². The molecule has 2 amide bonds. The summed E-state index contributed by atoms with van der Waals surface area (Å²) in [5.74, 6) is -2.12. The minimum Gasteiger partial charge on any atom is -0.292 e. The predicted octanol–water partition coefficient (Wildman–Crippen LogP) is 2.09. The second-order valence-electron chi connectivity index (χ2n) is 4.24. The van der Waals surface area contributed by atoms with Crippen LogP contribution in [0.3, 0.4) is 0 Å². The van der Waals surface area contributed by atoms with Crippen LogP contribution in [0.4, 0.5) is 8.78 Å². The third kappa shape index (κ3) is 2.03. The van der Waals surface area contributed by atoms with Gasteiger partial charge in [0.25, 0.3) is 5.91 Å². The van der Waals surface area contributed by atoms with Crippen molar-refractivity contribution in [3.63, 3.8) is 0 Å². The number of amides is 2. The highest BCUT2D eigenvalue weighted by Crippen LogP contribution is 2.27. The maximum atomic E-state index is 13.7. The molecule has 0 unspecified atom stereocenters. The molecule has 0 spiro atoms. The maximum Gasteiger partial charge on any atom is 0.254 e. The zero-order valence-electron chi connectivity index (χ0n) is 9.93. The van der Waals surface area contributed by atoms with Crippen LogP contribution in [0, 0.1) is 18.6 Å². The lowest BCUT2D eigenvalue weighted by Gasteiger charge is -2.08. The Kier molecular flexibility index (Phi) is 2.98. The van der Waals surface area contributed by atoms with Crippen molar-refractivity contribution in [2.45, 2.75) is 20.3 Å². The van der Waals surface area contributed by atoms with Crippen LogP contribution in [0.5, 0.6) is 0 Å². The van der Waals surface area contributed by atoms with Gasteiger partial charge in [-0.1, -0.05) is 0 Å². The summed E-state index contributed by atoms with van der Waals surface area (Å²) in [5, 5.41) is 2.11. The molecule has 0 aliphatic carbocycles. The van der Waals surface area contributed by atoms with E-state index in [1.165, 1.54) is 13.8 Å². The first kappa shape index (κ1) is 12.4. The average molecular weight is 251 g/mol. The number of halogens is 2. The van der Waals surface area contributed by atoms with E-state index in [9.17, 15) is 18.4 Å². The van der Waals surface area contributed by atoms with Crippen LogP contribution in [0.1, 0.15) is 24.5 Å². The zero-order valence-corrected chi connectivity index (χ0v) is 9.93. The minimum absolute atomic E-state index is 0.0120. The number of rotatable bonds is 1. The fraction of sp³-hybridized carbons (Fsp3) is 0.231. The number of hydrogen-bond acceptors (Lipinski definition) is 2. The van der Waals surface area contributed by atoms with Crippen LogP contribution >= 0.6 is 0 Å². The Labute approximate surface area is 102 Å². The standard InChI is InChI=1S/C13H11F2NO2/c1-6-3-11(15)8(4-10(6)14)7(2)9-5-12(17)16-13(9)18/h3-4H,5H2,1-2H3,(H,16,17,18). The molecule has 3 nitrogen and oxygen atoms in total. The van der Waals surface area contributed by atoms with Gasteiger partial charge in [-0.25, -0.2) is 8.78 Å². The van der Waals surface area contributed by atoms with E-state index in [4.69, 9.17) is 0 Å². The Hall–Kier alpha value is -2.04. The highest BCUT2D eigenvalue weighted by atomic mass is 19.1. The molecule has 94 valence electrons. The Morgan fingerprint density at radius 3 is 2.44 bits per heavy atom. The number of imide groups is 1. The molecule has 0 saturated carbocycles. The van der Waals surface area contributed by atoms with Crippen molar-refractivity contribution < 1.29 is 18.4 Å². The average Bonchev–Trinajstić information content (AvgIpc) is 2.62. The number of carbonyl (C=O) groups is 2. The van der Waals surface area contributed by atoms with Crippen LogP contribution in [0.15, 0.2) is 17.7 Å². The largest absolute Gasteiger partial charge is 0.292 e. The van der Waals surface area contributed by atoms with Gasteiger partial charge in [-0.15, -0.1) is 0 Å². The molecule has 1 saturated heterocycles. The van der Waals surface area contributed by atoms with E-state index >= 15 is 0 Å². The van der Waals surface area contributed by atoms with Crippen LogP contribution in [0.2, 0.25) is 0 Å². The van der Waals surface area contributed by atoms with Crippen molar-refractivity contribution in [3.8, 4) is 0 Å². The van der Waals surface area contributed by atoms with E-state index < -0.39 is 23.4 Å². The Morgan fingerprint density at radius 1 is 1.22 bits per heavy atom. The summed E-state index contributed by atoms with van der Waals surface area (Å²) >= 11 is 0. The fourth-order valence-corrected chi connectivity index (χ4v) is 1.89. The molecule has 18 heavy (non-hydrogen) atoms. The lowest BCUT2D eigenvalue weighted by Crippen LogP contribution is -2.19. The first-order valence-electron chi connectivity index (χ1n) is 5.40. The third-order valence-corrected chi connectivity index (χ3v) is 2.97. The van der Waals surface area contributed by atoms with Crippen LogP contribution in [-0.2, 0) is 9.59 Å². The summed E-state index contributed by atoms with van der Waals surface area (Å²) in [7, 11) is 0. The number of aryl methyl sites for hydroxylation is 1. The van der Waals surface area contributed by atoms with Crippen molar-refractivity contribution in [2.24, 2.45) is 0 Å². The van der Waals surface area contributed by atoms with Crippen molar-refractivity contribution in [1.29, 1.82) is 0 Å². The molecule has 0 aromatic heterocycles. The summed E-state index contributed by atoms with van der Waals surface area (Å²) in [6, 6.07) is 2.12. The van der Waals surface area contributed by atoms with Gasteiger partial charge >= 0.3 is 0 Å². The summed E-state index contributed by atoms with van der Waals surface area (Å²) in [5.41, 5.74) is 0.677. The summed E-state index contributed by atoms with van der Waals surface area (Å²) in [6.45, 7) is 2.96. The van der Waals surface area contributed by atoms with E-state index in [1.54, 1.807) is 0 Å². The van der Waals surface area contributed by atoms with Crippen LogP contribution in [0.25, 0.3) is 5.57 Å². The summed E-state index contributed by atoms with van der Waals surface area (Å²) in [6.07, 6.45) is -0.0976. The van der Waals surface area contributed by atoms with Crippen molar-refractivity contribution in [3.05, 3.63) is 40.5 Å². The maximum absolute atomic E-state index is 13.7. The monoisotopic (exact) mass is 251 g/mol. The van der Waals surface area contributed by atoms with Gasteiger partial charge < -0.3 is 0 Å². The van der Waals surface area contributed by atoms with Gasteiger partial charge in [-0.2, -0.15) is 0 Å². The Morgan fingerprint density at radius 2 is 1.89 bits per heavy atom. The molecular weight excluding hydrogens is 240 g/mol. The van der Waals surface area contributed by atoms with Gasteiger partial charge in [-0.05, 0) is 37.1 Å². The summed E-state index contributed by atoms with van der Waals surface area (Å²) in [4.78, 5) is 22.5. The molecule has 5 heteroatoms. The van der Waals surface area contributed by atoms with E-state index in [0.29, 0.717) is 0 Å². The number of allylic oxidation sites excluding steroid dienone is 1. The zero-order chi connectivity index (χ0) is 13.4. The van der Waals surface area contributed by atoms with Crippen molar-refractivity contribution >= 4 is 17.4 Å². The topological polar surface area (TPSA) is 46.2 Å².